The zero-order valence-corrected chi connectivity index (χ0v) is 26.5. The van der Waals surface area contributed by atoms with Crippen molar-refractivity contribution >= 4 is 22.5 Å². The minimum absolute atomic E-state index is 0.0306. The zero-order valence-electron chi connectivity index (χ0n) is 26.5. The molecule has 1 saturated carbocycles. The number of hydrogen-bond acceptors (Lipinski definition) is 11. The lowest BCUT2D eigenvalue weighted by Gasteiger charge is -2.42. The molecule has 4 fully saturated rings. The van der Waals surface area contributed by atoms with Crippen LogP contribution < -0.4 is 25.4 Å². The van der Waals surface area contributed by atoms with E-state index in [1.807, 2.05) is 6.92 Å². The summed E-state index contributed by atoms with van der Waals surface area (Å²) in [4.78, 5) is 22.1. The Balaban J connectivity index is 1.25. The van der Waals surface area contributed by atoms with Crippen molar-refractivity contribution in [3.05, 3.63) is 23.1 Å². The molecule has 0 spiro atoms. The highest BCUT2D eigenvalue weighted by Gasteiger charge is 2.48. The Morgan fingerprint density at radius 3 is 2.68 bits per heavy atom. The van der Waals surface area contributed by atoms with Crippen LogP contribution in [0.4, 0.5) is 29.2 Å². The first kappa shape index (κ1) is 30.8. The second-order valence-electron chi connectivity index (χ2n) is 13.9. The largest absolute Gasteiger partial charge is 0.472 e. The fourth-order valence-electron chi connectivity index (χ4n) is 8.03. The van der Waals surface area contributed by atoms with Gasteiger partial charge < -0.3 is 30.2 Å². The molecule has 2 bridgehead atoms. The van der Waals surface area contributed by atoms with Crippen LogP contribution in [-0.4, -0.2) is 94.6 Å². The molecular weight excluding hydrogens is 620 g/mol. The number of nitrogens with one attached hydrogen (secondary N) is 1. The van der Waals surface area contributed by atoms with E-state index in [4.69, 9.17) is 24.9 Å². The number of aryl methyl sites for hydroxylation is 1. The molecule has 3 N–H and O–H groups in total. The summed E-state index contributed by atoms with van der Waals surface area (Å²) in [5.41, 5.74) is 2.99. The normalized spacial score (nSPS) is 28.1. The number of pyridine rings is 2. The maximum absolute atomic E-state index is 16.8. The second-order valence-corrected chi connectivity index (χ2v) is 13.9. The predicted molar refractivity (Wildman–Crippen MR) is 165 cm³/mol. The minimum atomic E-state index is -4.85. The highest BCUT2D eigenvalue weighted by molar-refractivity contribution is 5.97. The first-order valence-corrected chi connectivity index (χ1v) is 16.3. The Hall–Kier alpha value is -3.56. The molecule has 8 rings (SSSR count). The van der Waals surface area contributed by atoms with Crippen LogP contribution in [0.25, 0.3) is 22.2 Å². The minimum Gasteiger partial charge on any atom is -0.472 e. The summed E-state index contributed by atoms with van der Waals surface area (Å²) in [6.07, 6.45) is -1.28. The van der Waals surface area contributed by atoms with Gasteiger partial charge in [-0.3, -0.25) is 4.90 Å². The monoisotopic (exact) mass is 658 g/mol. The van der Waals surface area contributed by atoms with Gasteiger partial charge in [-0.25, -0.2) is 14.4 Å². The first-order valence-electron chi connectivity index (χ1n) is 16.3. The third-order valence-corrected chi connectivity index (χ3v) is 10.3. The molecule has 5 aliphatic rings. The van der Waals surface area contributed by atoms with Crippen molar-refractivity contribution in [2.75, 3.05) is 50.0 Å². The Labute approximate surface area is 269 Å². The van der Waals surface area contributed by atoms with Crippen LogP contribution in [-0.2, 0) is 10.9 Å². The summed E-state index contributed by atoms with van der Waals surface area (Å²) in [5, 5.41) is 3.86. The summed E-state index contributed by atoms with van der Waals surface area (Å²) in [6.45, 7) is 9.27. The number of nitrogen functional groups attached to an aromatic ring is 1. The van der Waals surface area contributed by atoms with Crippen LogP contribution >= 0.6 is 0 Å². The van der Waals surface area contributed by atoms with E-state index in [0.717, 1.165) is 51.4 Å². The second kappa shape index (κ2) is 11.0. The molecule has 3 aromatic heterocycles. The molecule has 7 heterocycles. The Kier molecular flexibility index (Phi) is 7.19. The molecule has 0 radical (unpaired) electrons. The Morgan fingerprint density at radius 1 is 1.13 bits per heavy atom. The summed E-state index contributed by atoms with van der Waals surface area (Å²) in [7, 11) is 0. The van der Waals surface area contributed by atoms with Crippen molar-refractivity contribution in [2.24, 2.45) is 5.41 Å². The van der Waals surface area contributed by atoms with Gasteiger partial charge in [0.05, 0.1) is 36.6 Å². The topological polar surface area (TPSA) is 124 Å². The van der Waals surface area contributed by atoms with E-state index in [9.17, 15) is 13.2 Å². The van der Waals surface area contributed by atoms with Crippen molar-refractivity contribution in [1.29, 1.82) is 0 Å². The van der Waals surface area contributed by atoms with Gasteiger partial charge in [0.2, 0.25) is 5.88 Å². The van der Waals surface area contributed by atoms with Crippen LogP contribution in [0, 0.1) is 18.2 Å². The number of hydrogen-bond donors (Lipinski definition) is 2. The number of rotatable bonds is 6. The lowest BCUT2D eigenvalue weighted by molar-refractivity contribution is -0.137. The summed E-state index contributed by atoms with van der Waals surface area (Å²) >= 11 is 0. The maximum atomic E-state index is 16.8. The third-order valence-electron chi connectivity index (χ3n) is 10.3. The molecular formula is C32H38F4N8O3. The van der Waals surface area contributed by atoms with Crippen molar-refractivity contribution in [3.8, 4) is 23.1 Å². The van der Waals surface area contributed by atoms with Gasteiger partial charge in [-0.05, 0) is 52.5 Å². The van der Waals surface area contributed by atoms with Crippen LogP contribution in [0.15, 0.2) is 6.07 Å². The van der Waals surface area contributed by atoms with Crippen LogP contribution in [0.1, 0.15) is 50.8 Å². The number of alkyl halides is 3. The fraction of sp³-hybridized carbons (Fsp3) is 0.625. The van der Waals surface area contributed by atoms with Crippen LogP contribution in [0.2, 0.25) is 0 Å². The van der Waals surface area contributed by atoms with E-state index in [-0.39, 0.29) is 63.9 Å². The van der Waals surface area contributed by atoms with Gasteiger partial charge in [0.25, 0.3) is 0 Å². The molecule has 0 amide bonds. The van der Waals surface area contributed by atoms with Gasteiger partial charge in [-0.15, -0.1) is 0 Å². The quantitative estimate of drug-likeness (QED) is 0.372. The molecule has 47 heavy (non-hydrogen) atoms. The van der Waals surface area contributed by atoms with Crippen molar-refractivity contribution in [1.82, 2.24) is 30.2 Å². The standard InChI is InChI=1S/C32H38F4N8O3/c1-15-11-43(8-9-45-15)13-31(6-7-31)14-46-30-41-26-22-28(42-30)44-12-18-4-5-20(39-18)27(44)17(3)47-29(22)40-25(24(26)33)19-10-21(37)38-16(2)23(19)32(34,35)36/h10,15,17-18,20,27,39H,4-9,11-14H2,1-3H3,(H2,37,38)/t15-,17+,18-,20+,27-/m1/s1. The molecule has 0 unspecified atom stereocenters. The van der Waals surface area contributed by atoms with Gasteiger partial charge in [0, 0.05) is 49.2 Å². The maximum Gasteiger partial charge on any atom is 0.418 e. The number of nitrogens with two attached hydrogens (primary N) is 1. The van der Waals surface area contributed by atoms with Crippen molar-refractivity contribution < 1.29 is 31.8 Å². The van der Waals surface area contributed by atoms with Crippen LogP contribution in [0.3, 0.4) is 0 Å². The molecule has 252 valence electrons. The highest BCUT2D eigenvalue weighted by atomic mass is 19.4. The number of ether oxygens (including phenoxy) is 3. The average molecular weight is 659 g/mol. The molecule has 1 aliphatic carbocycles. The first-order chi connectivity index (χ1) is 22.4. The molecule has 5 atom stereocenters. The predicted octanol–water partition coefficient (Wildman–Crippen LogP) is 4.11. The lowest BCUT2D eigenvalue weighted by atomic mass is 9.99. The lowest BCUT2D eigenvalue weighted by Crippen LogP contribution is -2.62. The van der Waals surface area contributed by atoms with Crippen LogP contribution in [0.5, 0.6) is 11.9 Å². The summed E-state index contributed by atoms with van der Waals surface area (Å²) in [6, 6.07) is 1.08. The third kappa shape index (κ3) is 5.39. The summed E-state index contributed by atoms with van der Waals surface area (Å²) < 4.78 is 78.3. The smallest absolute Gasteiger partial charge is 0.418 e. The molecule has 11 nitrogen and oxygen atoms in total. The van der Waals surface area contributed by atoms with Gasteiger partial charge >= 0.3 is 12.2 Å². The van der Waals surface area contributed by atoms with Crippen molar-refractivity contribution in [3.63, 3.8) is 0 Å². The zero-order chi connectivity index (χ0) is 32.8. The van der Waals surface area contributed by atoms with E-state index >= 15 is 4.39 Å². The van der Waals surface area contributed by atoms with Gasteiger partial charge in [-0.2, -0.15) is 23.1 Å². The number of nitrogens with zero attached hydrogens (tertiary/aromatic N) is 6. The number of fused-ring (bicyclic) bond motifs is 5. The van der Waals surface area contributed by atoms with E-state index in [1.54, 1.807) is 0 Å². The molecule has 3 aromatic rings. The number of halogens is 4. The van der Waals surface area contributed by atoms with E-state index in [0.29, 0.717) is 25.6 Å². The summed E-state index contributed by atoms with van der Waals surface area (Å²) in [5.74, 6) is -0.844. The van der Waals surface area contributed by atoms with E-state index in [1.165, 1.54) is 6.92 Å². The Bertz CT molecular complexity index is 1740. The molecule has 4 aliphatic heterocycles. The SMILES string of the molecule is Cc1nc(N)cc(-c2nc3c4c(nc(OCC5(CN6CCO[C@H](C)C6)CC5)nc4c2F)N2C[C@H]4CC[C@H](N4)[C@H]2[C@H](C)O3)c1C(F)(F)F. The van der Waals surface area contributed by atoms with Gasteiger partial charge in [-0.1, -0.05) is 0 Å². The Morgan fingerprint density at radius 2 is 1.94 bits per heavy atom. The van der Waals surface area contributed by atoms with E-state index in [2.05, 4.69) is 37.0 Å². The van der Waals surface area contributed by atoms with E-state index < -0.39 is 34.9 Å². The average Bonchev–Trinajstić information content (AvgIpc) is 3.69. The molecule has 0 aromatic carbocycles. The number of anilines is 2. The van der Waals surface area contributed by atoms with Gasteiger partial charge in [0.1, 0.15) is 34.3 Å². The molecule has 3 saturated heterocycles. The number of morpholine rings is 1. The fourth-order valence-corrected chi connectivity index (χ4v) is 8.03. The molecule has 15 heteroatoms. The van der Waals surface area contributed by atoms with Crippen molar-refractivity contribution in [2.45, 2.75) is 83.0 Å². The highest BCUT2D eigenvalue weighted by Crippen LogP contribution is 2.48. The van der Waals surface area contributed by atoms with Gasteiger partial charge in [0.15, 0.2) is 5.82 Å². The number of aromatic nitrogens is 4. The number of piperazine rings is 1.